The summed E-state index contributed by atoms with van der Waals surface area (Å²) in [5.74, 6) is 1.24. The van der Waals surface area contributed by atoms with Gasteiger partial charge in [-0.15, -0.1) is 0 Å². The molecule has 0 nitrogen and oxygen atoms in total. The summed E-state index contributed by atoms with van der Waals surface area (Å²) in [6.07, 6.45) is 3.68. The molecule has 0 saturated carbocycles. The summed E-state index contributed by atoms with van der Waals surface area (Å²) in [5, 5.41) is 0. The van der Waals surface area contributed by atoms with Crippen LogP contribution < -0.4 is 0 Å². The van der Waals surface area contributed by atoms with E-state index in [0.29, 0.717) is 14.4 Å². The van der Waals surface area contributed by atoms with Crippen molar-refractivity contribution < 1.29 is 26.3 Å². The van der Waals surface area contributed by atoms with Crippen molar-refractivity contribution in [3.63, 3.8) is 0 Å². The van der Waals surface area contributed by atoms with Gasteiger partial charge in [-0.1, -0.05) is 67.6 Å². The maximum Gasteiger partial charge on any atom is 0.115 e. The summed E-state index contributed by atoms with van der Waals surface area (Å²) in [4.78, 5) is 0. The molecule has 2 aromatic carbocycles. The number of benzene rings is 2. The quantitative estimate of drug-likeness (QED) is 0.173. The van der Waals surface area contributed by atoms with E-state index in [9.17, 15) is 26.3 Å². The second kappa shape index (κ2) is 69.8. The molecule has 0 heterocycles. The number of hydrogen-bond acceptors (Lipinski definition) is 2. The number of halogens is 6. The molecule has 0 aliphatic carbocycles. The Balaban J connectivity index is -0.0000000407. The van der Waals surface area contributed by atoms with E-state index in [1.165, 1.54) is 19.6 Å². The molecule has 0 spiro atoms. The van der Waals surface area contributed by atoms with Gasteiger partial charge in [-0.3, -0.25) is 17.6 Å². The first-order valence-electron chi connectivity index (χ1n) is 9.58. The van der Waals surface area contributed by atoms with Crippen LogP contribution in [-0.4, -0.2) is 46.0 Å². The maximum absolute atomic E-state index is 11.7. The standard InChI is InChI=1S/2C7H7F.C3H8S.2C2H5F.2CH3F.CH4S.CH3.Rf/c2*8-6-7-4-2-1-3-5-7;1-3-4-2;2*1-2-3;3*1-2;;/h2*1-5H,6H2;3H2,1-2H3;2*2H2,1H3;2*1H3;2H,1H3;1H3;/q;;;;;;;;-1;/p-1. The Morgan fingerprint density at radius 1 is 0.618 bits per heavy atom. The van der Waals surface area contributed by atoms with Crippen LogP contribution in [0.5, 0.6) is 0 Å². The minimum absolute atomic E-state index is 0. The number of thioether (sulfide) groups is 1. The minimum Gasteiger partial charge on any atom is -0.796 e. The zero-order valence-electron chi connectivity index (χ0n) is 22.1. The van der Waals surface area contributed by atoms with E-state index in [1.54, 1.807) is 30.5 Å². The predicted molar refractivity (Wildman–Crippen MR) is 144 cm³/mol. The Hall–Kier alpha value is -2.28. The Kier molecular flexibility index (Phi) is 109. The van der Waals surface area contributed by atoms with Crippen molar-refractivity contribution in [2.24, 2.45) is 0 Å². The first-order valence-corrected chi connectivity index (χ1v) is 11.8. The van der Waals surface area contributed by atoms with Crippen LogP contribution in [0.1, 0.15) is 31.9 Å². The second-order valence-corrected chi connectivity index (χ2v) is 5.51. The molecule has 0 N–H and O–H groups in total. The molecule has 202 valence electrons. The number of alkyl halides is 6. The van der Waals surface area contributed by atoms with E-state index in [4.69, 9.17) is 0 Å². The molecular formula is C25H44F6RfS2-2. The molecule has 0 aromatic heterocycles. The summed E-state index contributed by atoms with van der Waals surface area (Å²) in [5.41, 5.74) is 1.49. The molecule has 0 saturated heterocycles. The molecular weight excluding hydrogens is 745 g/mol. The summed E-state index contributed by atoms with van der Waals surface area (Å²) >= 11 is 5.94. The Labute approximate surface area is 210 Å². The van der Waals surface area contributed by atoms with Gasteiger partial charge in [0.2, 0.25) is 0 Å². The van der Waals surface area contributed by atoms with Gasteiger partial charge >= 0.3 is 0 Å². The van der Waals surface area contributed by atoms with Gasteiger partial charge in [0.15, 0.2) is 0 Å². The molecule has 0 atom stereocenters. The average Bonchev–Trinajstić information content (AvgIpc) is 2.90. The first-order chi connectivity index (χ1) is 15.6. The molecule has 0 aliphatic heterocycles. The molecule has 0 fully saturated rings. The largest absolute Gasteiger partial charge is 0.796 e. The van der Waals surface area contributed by atoms with Crippen LogP contribution in [0.15, 0.2) is 60.7 Å². The molecule has 0 aliphatic rings. The average molecular weight is 790 g/mol. The molecule has 0 amide bonds. The van der Waals surface area contributed by atoms with Crippen LogP contribution in [0.3, 0.4) is 0 Å². The topological polar surface area (TPSA) is 0 Å². The van der Waals surface area contributed by atoms with Crippen molar-refractivity contribution in [3.05, 3.63) is 79.2 Å². The minimum atomic E-state index is -0.360. The van der Waals surface area contributed by atoms with Crippen molar-refractivity contribution in [3.8, 4) is 0 Å². The summed E-state index contributed by atoms with van der Waals surface area (Å²) in [7, 11) is 1.00. The van der Waals surface area contributed by atoms with Crippen molar-refractivity contribution in [1.29, 1.82) is 0 Å². The summed E-state index contributed by atoms with van der Waals surface area (Å²) in [6.45, 7) is 3.84. The van der Waals surface area contributed by atoms with Gasteiger partial charge in [0.05, 0.1) is 27.7 Å². The van der Waals surface area contributed by atoms with Gasteiger partial charge in [-0.25, -0.2) is 8.78 Å². The van der Waals surface area contributed by atoms with Crippen molar-refractivity contribution in [2.75, 3.05) is 46.0 Å². The van der Waals surface area contributed by atoms with E-state index < -0.39 is 0 Å². The normalized spacial score (nSPS) is 6.76. The summed E-state index contributed by atoms with van der Waals surface area (Å²) < 4.78 is 63.0. The molecule has 2 rings (SSSR count). The van der Waals surface area contributed by atoms with Crippen LogP contribution >= 0.6 is 11.8 Å². The zero-order valence-corrected chi connectivity index (χ0v) is 30.1. The molecule has 9 heteroatoms. The first kappa shape index (κ1) is 53.2. The van der Waals surface area contributed by atoms with Crippen molar-refractivity contribution in [1.82, 2.24) is 0 Å². The van der Waals surface area contributed by atoms with Crippen LogP contribution in [0.4, 0.5) is 26.3 Å². The zero-order chi connectivity index (χ0) is 26.5. The van der Waals surface area contributed by atoms with E-state index >= 15 is 0 Å². The summed E-state index contributed by atoms with van der Waals surface area (Å²) in [6, 6.07) is 18.1. The van der Waals surface area contributed by atoms with E-state index in [0.717, 1.165) is 11.1 Å². The van der Waals surface area contributed by atoms with Gasteiger partial charge < -0.3 is 20.1 Å². The monoisotopic (exact) mass is 789 g/mol. The second-order valence-electron chi connectivity index (χ2n) is 4.35. The predicted octanol–water partition coefficient (Wildman–Crippen LogP) is 9.42. The molecule has 2 aromatic rings. The Morgan fingerprint density at radius 2 is 0.794 bits per heavy atom. The smallest absolute Gasteiger partial charge is 0.115 e. The van der Waals surface area contributed by atoms with Crippen LogP contribution in [0.25, 0.3) is 0 Å². The fourth-order valence-electron chi connectivity index (χ4n) is 1.13. The molecule has 0 radical (unpaired) electrons. The van der Waals surface area contributed by atoms with Gasteiger partial charge in [-0.2, -0.15) is 18.0 Å². The van der Waals surface area contributed by atoms with Gasteiger partial charge in [0.25, 0.3) is 0 Å². The fourth-order valence-corrected chi connectivity index (χ4v) is 1.13. The van der Waals surface area contributed by atoms with Crippen molar-refractivity contribution in [2.45, 2.75) is 34.1 Å². The number of hydrogen-bond donors (Lipinski definition) is 0. The van der Waals surface area contributed by atoms with Crippen LogP contribution in [-0.2, 0) is 26.0 Å². The van der Waals surface area contributed by atoms with E-state index in [-0.39, 0.29) is 34.1 Å². The van der Waals surface area contributed by atoms with E-state index in [1.807, 2.05) is 48.2 Å². The third-order valence-corrected chi connectivity index (χ3v) is 2.86. The Morgan fingerprint density at radius 3 is 0.882 bits per heavy atom. The maximum atomic E-state index is 11.7. The Bertz CT molecular complexity index is 412. The third kappa shape index (κ3) is 70.0. The van der Waals surface area contributed by atoms with E-state index in [2.05, 4.69) is 25.8 Å². The molecule has 0 bridgehead atoms. The van der Waals surface area contributed by atoms with Crippen LogP contribution in [0.2, 0.25) is 0 Å². The fraction of sp³-hybridized carbons (Fsp3) is 0.480. The molecule has 34 heavy (non-hydrogen) atoms. The molecule has 0 unspecified atom stereocenters. The third-order valence-electron chi connectivity index (χ3n) is 2.28. The SMILES string of the molecule is CCF.CCF.CCSC.CF.CF.C[S-].FCc1ccccc1.FCc1ccccc1.[CH3-].[Rf]. The number of rotatable bonds is 3. The van der Waals surface area contributed by atoms with Gasteiger partial charge in [0, 0.05) is 0 Å². The van der Waals surface area contributed by atoms with Gasteiger partial charge in [0.1, 0.15) is 13.3 Å². The van der Waals surface area contributed by atoms with Gasteiger partial charge in [-0.05, 0) is 37.0 Å². The van der Waals surface area contributed by atoms with Crippen LogP contribution in [0, 0.1) is 7.43 Å². The van der Waals surface area contributed by atoms with Crippen molar-refractivity contribution >= 4 is 24.4 Å².